The van der Waals surface area contributed by atoms with Gasteiger partial charge >= 0.3 is 0 Å². The molecule has 0 aromatic rings. The molecule has 0 saturated heterocycles. The lowest BCUT2D eigenvalue weighted by Crippen LogP contribution is -2.12. The van der Waals surface area contributed by atoms with E-state index in [9.17, 15) is 0 Å². The zero-order chi connectivity index (χ0) is 21.7. The molecule has 0 amide bonds. The van der Waals surface area contributed by atoms with Gasteiger partial charge in [0, 0.05) is 27.4 Å². The third-order valence-corrected chi connectivity index (χ3v) is 3.13. The molecule has 0 N–H and O–H groups in total. The van der Waals surface area contributed by atoms with E-state index < -0.39 is 0 Å². The molecule has 29 heavy (non-hydrogen) atoms. The fourth-order valence-corrected chi connectivity index (χ4v) is 1.67. The SMILES string of the molecule is CCOCCOCCOCCOCC.COCCOCCOCCOCCOC. The summed E-state index contributed by atoms with van der Waals surface area (Å²) < 4.78 is 46.1. The summed E-state index contributed by atoms with van der Waals surface area (Å²) in [5.74, 6) is 0. The Hall–Kier alpha value is -0.360. The van der Waals surface area contributed by atoms with Gasteiger partial charge in [0.2, 0.25) is 0 Å². The molecule has 0 aliphatic carbocycles. The lowest BCUT2D eigenvalue weighted by Gasteiger charge is -2.06. The summed E-state index contributed by atoms with van der Waals surface area (Å²) in [7, 11) is 3.30. The second-order valence-electron chi connectivity index (χ2n) is 5.44. The first-order valence-corrected chi connectivity index (χ1v) is 10.3. The van der Waals surface area contributed by atoms with Crippen LogP contribution in [0.15, 0.2) is 0 Å². The van der Waals surface area contributed by atoms with Crippen LogP contribution in [-0.2, 0) is 42.6 Å². The Labute approximate surface area is 177 Å². The van der Waals surface area contributed by atoms with E-state index in [4.69, 9.17) is 42.6 Å². The van der Waals surface area contributed by atoms with Gasteiger partial charge in [0.15, 0.2) is 0 Å². The highest BCUT2D eigenvalue weighted by Gasteiger charge is 1.92. The molecular weight excluding hydrogens is 384 g/mol. The molecular formula is C20H44O9. The van der Waals surface area contributed by atoms with Gasteiger partial charge in [-0.05, 0) is 13.8 Å². The highest BCUT2D eigenvalue weighted by molar-refractivity contribution is 4.35. The summed E-state index contributed by atoms with van der Waals surface area (Å²) in [6.45, 7) is 14.1. The van der Waals surface area contributed by atoms with E-state index in [1.165, 1.54) is 0 Å². The standard InChI is InChI=1S/C10H22O5.C10H22O4/c1-11-3-5-13-7-9-15-10-8-14-6-4-12-2;1-3-11-5-7-13-9-10-14-8-6-12-4-2/h3-10H2,1-2H3;3-10H2,1-2H3. The number of hydrogen-bond acceptors (Lipinski definition) is 9. The molecule has 0 spiro atoms. The zero-order valence-corrected chi connectivity index (χ0v) is 19.0. The smallest absolute Gasteiger partial charge is 0.0701 e. The maximum absolute atomic E-state index is 5.26. The molecule has 0 aromatic carbocycles. The first-order chi connectivity index (χ1) is 14.3. The van der Waals surface area contributed by atoms with Gasteiger partial charge in [0.05, 0.1) is 92.5 Å². The van der Waals surface area contributed by atoms with Crippen LogP contribution in [0.5, 0.6) is 0 Å². The molecule has 178 valence electrons. The van der Waals surface area contributed by atoms with Gasteiger partial charge in [0.1, 0.15) is 0 Å². The van der Waals surface area contributed by atoms with Gasteiger partial charge in [-0.3, -0.25) is 0 Å². The third kappa shape index (κ3) is 35.5. The van der Waals surface area contributed by atoms with Gasteiger partial charge in [-0.2, -0.15) is 0 Å². The van der Waals surface area contributed by atoms with E-state index in [2.05, 4.69) is 0 Å². The van der Waals surface area contributed by atoms with Crippen LogP contribution in [0.1, 0.15) is 13.8 Å². The summed E-state index contributed by atoms with van der Waals surface area (Å²) in [5, 5.41) is 0. The Kier molecular flexibility index (Phi) is 34.3. The highest BCUT2D eigenvalue weighted by Crippen LogP contribution is 1.83. The average molecular weight is 429 g/mol. The highest BCUT2D eigenvalue weighted by atomic mass is 16.6. The van der Waals surface area contributed by atoms with Crippen molar-refractivity contribution in [1.82, 2.24) is 0 Å². The molecule has 0 radical (unpaired) electrons. The first kappa shape index (κ1) is 30.8. The second-order valence-corrected chi connectivity index (χ2v) is 5.44. The van der Waals surface area contributed by atoms with Crippen molar-refractivity contribution >= 4 is 0 Å². The predicted molar refractivity (Wildman–Crippen MR) is 111 cm³/mol. The quantitative estimate of drug-likeness (QED) is 0.224. The van der Waals surface area contributed by atoms with E-state index in [-0.39, 0.29) is 0 Å². The molecule has 0 fully saturated rings. The summed E-state index contributed by atoms with van der Waals surface area (Å²) in [4.78, 5) is 0. The molecule has 9 nitrogen and oxygen atoms in total. The zero-order valence-electron chi connectivity index (χ0n) is 19.0. The van der Waals surface area contributed by atoms with Crippen molar-refractivity contribution in [2.45, 2.75) is 13.8 Å². The predicted octanol–water partition coefficient (Wildman–Crippen LogP) is 1.42. The minimum atomic E-state index is 0.595. The van der Waals surface area contributed by atoms with Crippen LogP contribution in [0, 0.1) is 0 Å². The maximum atomic E-state index is 5.26. The van der Waals surface area contributed by atoms with E-state index in [1.807, 2.05) is 13.8 Å². The van der Waals surface area contributed by atoms with Crippen LogP contribution in [0.25, 0.3) is 0 Å². The monoisotopic (exact) mass is 428 g/mol. The first-order valence-electron chi connectivity index (χ1n) is 10.3. The summed E-state index contributed by atoms with van der Waals surface area (Å²) in [5.41, 5.74) is 0. The van der Waals surface area contributed by atoms with Crippen LogP contribution in [0.3, 0.4) is 0 Å². The van der Waals surface area contributed by atoms with Crippen LogP contribution in [-0.4, -0.2) is 120 Å². The largest absolute Gasteiger partial charge is 0.382 e. The van der Waals surface area contributed by atoms with Crippen LogP contribution < -0.4 is 0 Å². The van der Waals surface area contributed by atoms with E-state index in [0.717, 1.165) is 13.2 Å². The normalized spacial score (nSPS) is 10.8. The molecule has 0 heterocycles. The molecule has 0 saturated carbocycles. The Morgan fingerprint density at radius 2 is 0.517 bits per heavy atom. The van der Waals surface area contributed by atoms with Crippen molar-refractivity contribution < 1.29 is 42.6 Å². The molecule has 0 aromatic heterocycles. The molecule has 0 aliphatic heterocycles. The number of rotatable bonds is 23. The van der Waals surface area contributed by atoms with Crippen molar-refractivity contribution in [1.29, 1.82) is 0 Å². The Morgan fingerprint density at radius 3 is 0.724 bits per heavy atom. The lowest BCUT2D eigenvalue weighted by atomic mass is 10.7. The molecule has 0 aliphatic rings. The molecule has 9 heteroatoms. The molecule has 0 rings (SSSR count). The van der Waals surface area contributed by atoms with E-state index >= 15 is 0 Å². The molecule has 0 unspecified atom stereocenters. The molecule has 0 atom stereocenters. The van der Waals surface area contributed by atoms with E-state index in [0.29, 0.717) is 92.5 Å². The maximum Gasteiger partial charge on any atom is 0.0701 e. The number of methoxy groups -OCH3 is 2. The average Bonchev–Trinajstić information content (AvgIpc) is 2.74. The Morgan fingerprint density at radius 1 is 0.310 bits per heavy atom. The van der Waals surface area contributed by atoms with Crippen molar-refractivity contribution in [2.75, 3.05) is 120 Å². The van der Waals surface area contributed by atoms with Gasteiger partial charge in [-0.1, -0.05) is 0 Å². The van der Waals surface area contributed by atoms with Gasteiger partial charge in [-0.25, -0.2) is 0 Å². The van der Waals surface area contributed by atoms with Crippen molar-refractivity contribution in [3.8, 4) is 0 Å². The summed E-state index contributed by atoms with van der Waals surface area (Å²) >= 11 is 0. The topological polar surface area (TPSA) is 83.1 Å². The van der Waals surface area contributed by atoms with Gasteiger partial charge in [0.25, 0.3) is 0 Å². The van der Waals surface area contributed by atoms with Gasteiger partial charge < -0.3 is 42.6 Å². The molecule has 0 bridgehead atoms. The second kappa shape index (κ2) is 32.3. The number of hydrogen-bond donors (Lipinski definition) is 0. The summed E-state index contributed by atoms with van der Waals surface area (Å²) in [6.07, 6.45) is 0. The summed E-state index contributed by atoms with van der Waals surface area (Å²) in [6, 6.07) is 0. The lowest BCUT2D eigenvalue weighted by molar-refractivity contribution is -0.00380. The third-order valence-electron chi connectivity index (χ3n) is 3.13. The number of ether oxygens (including phenoxy) is 9. The fourth-order valence-electron chi connectivity index (χ4n) is 1.67. The van der Waals surface area contributed by atoms with E-state index in [1.54, 1.807) is 14.2 Å². The van der Waals surface area contributed by atoms with Crippen LogP contribution in [0.4, 0.5) is 0 Å². The van der Waals surface area contributed by atoms with Crippen molar-refractivity contribution in [3.63, 3.8) is 0 Å². The van der Waals surface area contributed by atoms with Crippen LogP contribution >= 0.6 is 0 Å². The van der Waals surface area contributed by atoms with Crippen LogP contribution in [0.2, 0.25) is 0 Å². The fraction of sp³-hybridized carbons (Fsp3) is 1.00. The van der Waals surface area contributed by atoms with Gasteiger partial charge in [-0.15, -0.1) is 0 Å². The Bertz CT molecular complexity index is 234. The minimum Gasteiger partial charge on any atom is -0.382 e. The Balaban J connectivity index is 0. The van der Waals surface area contributed by atoms with Crippen molar-refractivity contribution in [2.24, 2.45) is 0 Å². The minimum absolute atomic E-state index is 0.595. The van der Waals surface area contributed by atoms with Crippen molar-refractivity contribution in [3.05, 3.63) is 0 Å².